The Kier molecular flexibility index (Phi) is 6.49. The second kappa shape index (κ2) is 9.03. The van der Waals surface area contributed by atoms with E-state index in [1.807, 2.05) is 13.8 Å². The molecule has 0 fully saturated rings. The Labute approximate surface area is 168 Å². The first-order chi connectivity index (χ1) is 13.5. The third-order valence-electron chi connectivity index (χ3n) is 4.06. The highest BCUT2D eigenvalue weighted by molar-refractivity contribution is 6.31. The van der Waals surface area contributed by atoms with E-state index in [9.17, 15) is 9.59 Å². The molecular formula is C20H22ClN3O4. The minimum absolute atomic E-state index is 0.153. The fourth-order valence-electron chi connectivity index (χ4n) is 2.76. The predicted octanol–water partition coefficient (Wildman–Crippen LogP) is 3.42. The van der Waals surface area contributed by atoms with Crippen molar-refractivity contribution in [3.05, 3.63) is 47.1 Å². The van der Waals surface area contributed by atoms with E-state index in [4.69, 9.17) is 21.1 Å². The fraction of sp³-hybridized carbons (Fsp3) is 0.350. The van der Waals surface area contributed by atoms with E-state index in [2.05, 4.69) is 10.3 Å². The lowest BCUT2D eigenvalue weighted by molar-refractivity contribution is -0.119. The summed E-state index contributed by atoms with van der Waals surface area (Å²) in [7, 11) is 0. The van der Waals surface area contributed by atoms with Crippen LogP contribution in [0.3, 0.4) is 0 Å². The number of hydrogen-bond donors (Lipinski definition) is 1. The zero-order chi connectivity index (χ0) is 20.1. The van der Waals surface area contributed by atoms with E-state index in [1.165, 1.54) is 4.90 Å². The Morgan fingerprint density at radius 1 is 1.36 bits per heavy atom. The summed E-state index contributed by atoms with van der Waals surface area (Å²) in [5, 5.41) is 3.25. The number of carbonyl (C=O) groups is 2. The van der Waals surface area contributed by atoms with Crippen LogP contribution in [0.4, 0.5) is 5.69 Å². The van der Waals surface area contributed by atoms with Crippen molar-refractivity contribution in [1.82, 2.24) is 10.3 Å². The summed E-state index contributed by atoms with van der Waals surface area (Å²) in [6.45, 7) is 4.78. The minimum atomic E-state index is -0.373. The van der Waals surface area contributed by atoms with E-state index >= 15 is 0 Å². The summed E-state index contributed by atoms with van der Waals surface area (Å²) < 4.78 is 11.2. The number of benzene rings is 1. The van der Waals surface area contributed by atoms with Gasteiger partial charge in [0, 0.05) is 24.4 Å². The predicted molar refractivity (Wildman–Crippen MR) is 106 cm³/mol. The van der Waals surface area contributed by atoms with Crippen LogP contribution < -0.4 is 15.0 Å². The molecule has 7 nitrogen and oxygen atoms in total. The molecule has 3 rings (SSSR count). The SMILES string of the molecule is CC(C)OCCCNC(=O)CN1C(=O)c2cccnc2Oc2ccc(Cl)cc21. The van der Waals surface area contributed by atoms with Crippen LogP contribution in [-0.4, -0.2) is 42.6 Å². The molecule has 8 heteroatoms. The normalized spacial score (nSPS) is 12.9. The number of carbonyl (C=O) groups excluding carboxylic acids is 2. The number of pyridine rings is 1. The van der Waals surface area contributed by atoms with Crippen molar-refractivity contribution < 1.29 is 19.1 Å². The van der Waals surface area contributed by atoms with Gasteiger partial charge in [-0.15, -0.1) is 0 Å². The summed E-state index contributed by atoms with van der Waals surface area (Å²) in [4.78, 5) is 31.0. The first-order valence-corrected chi connectivity index (χ1v) is 9.46. The van der Waals surface area contributed by atoms with Crippen LogP contribution in [-0.2, 0) is 9.53 Å². The van der Waals surface area contributed by atoms with Crippen molar-refractivity contribution in [3.63, 3.8) is 0 Å². The zero-order valence-electron chi connectivity index (χ0n) is 15.8. The number of hydrogen-bond acceptors (Lipinski definition) is 5. The monoisotopic (exact) mass is 403 g/mol. The molecule has 0 atom stereocenters. The lowest BCUT2D eigenvalue weighted by atomic mass is 10.2. The average molecular weight is 404 g/mol. The van der Waals surface area contributed by atoms with Crippen molar-refractivity contribution in [2.24, 2.45) is 0 Å². The topological polar surface area (TPSA) is 80.8 Å². The molecule has 2 amide bonds. The molecular weight excluding hydrogens is 382 g/mol. The summed E-state index contributed by atoms with van der Waals surface area (Å²) in [6, 6.07) is 8.18. The minimum Gasteiger partial charge on any atom is -0.436 e. The molecule has 1 aliphatic heterocycles. The smallest absolute Gasteiger partial charge is 0.264 e. The summed E-state index contributed by atoms with van der Waals surface area (Å²) in [5.41, 5.74) is 0.710. The lowest BCUT2D eigenvalue weighted by Crippen LogP contribution is -2.41. The van der Waals surface area contributed by atoms with Gasteiger partial charge in [-0.3, -0.25) is 14.5 Å². The molecule has 0 spiro atoms. The number of aromatic nitrogens is 1. The van der Waals surface area contributed by atoms with Gasteiger partial charge >= 0.3 is 0 Å². The lowest BCUT2D eigenvalue weighted by Gasteiger charge is -2.21. The molecule has 1 aromatic carbocycles. The second-order valence-corrected chi connectivity index (χ2v) is 7.02. The molecule has 148 valence electrons. The molecule has 1 aromatic heterocycles. The van der Waals surface area contributed by atoms with Gasteiger partial charge in [-0.25, -0.2) is 4.98 Å². The van der Waals surface area contributed by atoms with E-state index in [0.717, 1.165) is 0 Å². The van der Waals surface area contributed by atoms with E-state index in [1.54, 1.807) is 36.5 Å². The fourth-order valence-corrected chi connectivity index (χ4v) is 2.92. The highest BCUT2D eigenvalue weighted by atomic mass is 35.5. The quantitative estimate of drug-likeness (QED) is 0.716. The first-order valence-electron chi connectivity index (χ1n) is 9.08. The van der Waals surface area contributed by atoms with Gasteiger partial charge in [0.1, 0.15) is 12.1 Å². The van der Waals surface area contributed by atoms with Gasteiger partial charge in [0.2, 0.25) is 11.8 Å². The number of amides is 2. The number of ether oxygens (including phenoxy) is 2. The Bertz CT molecular complexity index is 872. The molecule has 2 heterocycles. The van der Waals surface area contributed by atoms with Crippen LogP contribution in [0.5, 0.6) is 11.6 Å². The zero-order valence-corrected chi connectivity index (χ0v) is 16.5. The van der Waals surface area contributed by atoms with Crippen molar-refractivity contribution in [2.45, 2.75) is 26.4 Å². The maximum Gasteiger partial charge on any atom is 0.264 e. The molecule has 28 heavy (non-hydrogen) atoms. The van der Waals surface area contributed by atoms with Gasteiger partial charge in [0.25, 0.3) is 5.91 Å². The van der Waals surface area contributed by atoms with Crippen LogP contribution in [0, 0.1) is 0 Å². The van der Waals surface area contributed by atoms with Gasteiger partial charge in [-0.2, -0.15) is 0 Å². The van der Waals surface area contributed by atoms with Gasteiger partial charge in [0.15, 0.2) is 5.75 Å². The van der Waals surface area contributed by atoms with Crippen LogP contribution in [0.1, 0.15) is 30.6 Å². The number of anilines is 1. The first kappa shape index (κ1) is 20.1. The van der Waals surface area contributed by atoms with Gasteiger partial charge in [-0.1, -0.05) is 11.6 Å². The molecule has 0 radical (unpaired) electrons. The third-order valence-corrected chi connectivity index (χ3v) is 4.30. The van der Waals surface area contributed by atoms with Gasteiger partial charge in [-0.05, 0) is 50.6 Å². The van der Waals surface area contributed by atoms with E-state index in [-0.39, 0.29) is 35.9 Å². The number of rotatable bonds is 7. The second-order valence-electron chi connectivity index (χ2n) is 6.58. The van der Waals surface area contributed by atoms with E-state index < -0.39 is 0 Å². The summed E-state index contributed by atoms with van der Waals surface area (Å²) >= 11 is 6.11. The molecule has 0 saturated carbocycles. The Balaban J connectivity index is 1.76. The van der Waals surface area contributed by atoms with Crippen LogP contribution >= 0.6 is 11.6 Å². The number of fused-ring (bicyclic) bond motifs is 2. The van der Waals surface area contributed by atoms with Crippen molar-refractivity contribution in [1.29, 1.82) is 0 Å². The summed E-state index contributed by atoms with van der Waals surface area (Å²) in [5.74, 6) is -0.0447. The molecule has 1 N–H and O–H groups in total. The van der Waals surface area contributed by atoms with Crippen molar-refractivity contribution >= 4 is 29.1 Å². The molecule has 2 aromatic rings. The molecule has 1 aliphatic rings. The van der Waals surface area contributed by atoms with E-state index in [0.29, 0.717) is 36.0 Å². The average Bonchev–Trinajstić information content (AvgIpc) is 2.77. The number of nitrogens with one attached hydrogen (secondary N) is 1. The van der Waals surface area contributed by atoms with Crippen LogP contribution in [0.25, 0.3) is 0 Å². The van der Waals surface area contributed by atoms with Crippen LogP contribution in [0.15, 0.2) is 36.5 Å². The Morgan fingerprint density at radius 2 is 2.18 bits per heavy atom. The number of nitrogens with zero attached hydrogens (tertiary/aromatic N) is 2. The Hall–Kier alpha value is -2.64. The highest BCUT2D eigenvalue weighted by Crippen LogP contribution is 2.39. The van der Waals surface area contributed by atoms with Crippen molar-refractivity contribution in [2.75, 3.05) is 24.6 Å². The maximum atomic E-state index is 13.1. The van der Waals surface area contributed by atoms with Crippen LogP contribution in [0.2, 0.25) is 5.02 Å². The largest absolute Gasteiger partial charge is 0.436 e. The highest BCUT2D eigenvalue weighted by Gasteiger charge is 2.30. The molecule has 0 bridgehead atoms. The number of halogens is 1. The van der Waals surface area contributed by atoms with Crippen molar-refractivity contribution in [3.8, 4) is 11.6 Å². The standard InChI is InChI=1S/C20H22ClN3O4/c1-13(2)27-10-4-9-22-18(25)12-24-16-11-14(21)6-7-17(16)28-19-15(20(24)26)5-3-8-23-19/h3,5-8,11,13H,4,9-10,12H2,1-2H3,(H,22,25). The molecule has 0 unspecified atom stereocenters. The van der Waals surface area contributed by atoms with Gasteiger partial charge < -0.3 is 14.8 Å². The third kappa shape index (κ3) is 4.79. The Morgan fingerprint density at radius 3 is 2.96 bits per heavy atom. The molecule has 0 saturated heterocycles. The van der Waals surface area contributed by atoms with Gasteiger partial charge in [0.05, 0.1) is 11.8 Å². The molecule has 0 aliphatic carbocycles. The summed E-state index contributed by atoms with van der Waals surface area (Å²) in [6.07, 6.45) is 2.39. The maximum absolute atomic E-state index is 13.1.